The molecule has 0 bridgehead atoms. The number of hydrogen-bond acceptors (Lipinski definition) is 2. The number of aliphatic hydroxyl groups is 1. The summed E-state index contributed by atoms with van der Waals surface area (Å²) < 4.78 is 26.9. The lowest BCUT2D eigenvalue weighted by molar-refractivity contribution is 0.214. The van der Waals surface area contributed by atoms with Gasteiger partial charge in [-0.05, 0) is 28.1 Å². The molecular weight excluding hydrogens is 292 g/mol. The van der Waals surface area contributed by atoms with Crippen LogP contribution in [0.2, 0.25) is 0 Å². The molecule has 2 nitrogen and oxygen atoms in total. The van der Waals surface area contributed by atoms with Crippen molar-refractivity contribution in [1.82, 2.24) is 4.98 Å². The fourth-order valence-corrected chi connectivity index (χ4v) is 1.86. The van der Waals surface area contributed by atoms with Crippen molar-refractivity contribution in [1.29, 1.82) is 0 Å². The fraction of sp³-hybridized carbons (Fsp3) is 0.0833. The summed E-state index contributed by atoms with van der Waals surface area (Å²) in [6.07, 6.45) is 1.82. The molecule has 0 fully saturated rings. The molecule has 2 aromatic rings. The van der Waals surface area contributed by atoms with Crippen molar-refractivity contribution in [3.05, 3.63) is 63.9 Å². The second kappa shape index (κ2) is 4.89. The van der Waals surface area contributed by atoms with Crippen molar-refractivity contribution in [3.63, 3.8) is 0 Å². The van der Waals surface area contributed by atoms with E-state index in [1.165, 1.54) is 12.3 Å². The average molecular weight is 300 g/mol. The van der Waals surface area contributed by atoms with Gasteiger partial charge in [-0.1, -0.05) is 6.07 Å². The van der Waals surface area contributed by atoms with Gasteiger partial charge < -0.3 is 5.11 Å². The first-order valence-corrected chi connectivity index (χ1v) is 5.60. The van der Waals surface area contributed by atoms with Crippen molar-refractivity contribution >= 4 is 15.9 Å². The molecule has 17 heavy (non-hydrogen) atoms. The van der Waals surface area contributed by atoms with E-state index < -0.39 is 17.7 Å². The predicted octanol–water partition coefficient (Wildman–Crippen LogP) is 3.20. The van der Waals surface area contributed by atoms with Gasteiger partial charge in [0.15, 0.2) is 0 Å². The van der Waals surface area contributed by atoms with Gasteiger partial charge in [-0.2, -0.15) is 0 Å². The Morgan fingerprint density at radius 3 is 2.59 bits per heavy atom. The minimum atomic E-state index is -1.17. The molecule has 0 amide bonds. The highest BCUT2D eigenvalue weighted by Gasteiger charge is 2.16. The van der Waals surface area contributed by atoms with E-state index in [0.29, 0.717) is 10.0 Å². The van der Waals surface area contributed by atoms with E-state index in [0.717, 1.165) is 12.1 Å². The number of nitrogens with zero attached hydrogens (tertiary/aromatic N) is 1. The third-order valence-electron chi connectivity index (χ3n) is 2.30. The Kier molecular flexibility index (Phi) is 3.49. The van der Waals surface area contributed by atoms with Crippen molar-refractivity contribution in [2.24, 2.45) is 0 Å². The lowest BCUT2D eigenvalue weighted by Crippen LogP contribution is -2.03. The molecule has 1 N–H and O–H groups in total. The molecule has 1 unspecified atom stereocenters. The maximum Gasteiger partial charge on any atom is 0.132 e. The van der Waals surface area contributed by atoms with Gasteiger partial charge in [0.05, 0.1) is 0 Å². The normalized spacial score (nSPS) is 12.5. The Hall–Kier alpha value is -1.33. The van der Waals surface area contributed by atoms with E-state index in [2.05, 4.69) is 20.9 Å². The summed E-state index contributed by atoms with van der Waals surface area (Å²) in [5.74, 6) is -1.46. The lowest BCUT2D eigenvalue weighted by atomic mass is 10.0. The molecule has 0 radical (unpaired) electrons. The van der Waals surface area contributed by atoms with Crippen molar-refractivity contribution in [3.8, 4) is 0 Å². The third-order valence-corrected chi connectivity index (χ3v) is 2.73. The zero-order chi connectivity index (χ0) is 12.4. The summed E-state index contributed by atoms with van der Waals surface area (Å²) in [5.41, 5.74) is 0.455. The van der Waals surface area contributed by atoms with Crippen LogP contribution in [0.15, 0.2) is 41.1 Å². The number of rotatable bonds is 2. The lowest BCUT2D eigenvalue weighted by Gasteiger charge is -2.12. The van der Waals surface area contributed by atoms with Crippen LogP contribution in [0, 0.1) is 11.6 Å². The summed E-state index contributed by atoms with van der Waals surface area (Å²) >= 11 is 3.21. The van der Waals surface area contributed by atoms with Crippen LogP contribution in [0.3, 0.4) is 0 Å². The summed E-state index contributed by atoms with van der Waals surface area (Å²) in [6.45, 7) is 0. The highest BCUT2D eigenvalue weighted by Crippen LogP contribution is 2.25. The number of aromatic nitrogens is 1. The SMILES string of the molecule is OC(c1cncc(Br)c1)c1ccc(F)cc1F. The Labute approximate surface area is 105 Å². The smallest absolute Gasteiger partial charge is 0.132 e. The van der Waals surface area contributed by atoms with Gasteiger partial charge in [-0.25, -0.2) is 8.78 Å². The molecule has 1 heterocycles. The largest absolute Gasteiger partial charge is 0.383 e. The summed E-state index contributed by atoms with van der Waals surface area (Å²) in [6, 6.07) is 4.69. The molecule has 5 heteroatoms. The Morgan fingerprint density at radius 1 is 1.18 bits per heavy atom. The van der Waals surface area contributed by atoms with Crippen LogP contribution in [0.5, 0.6) is 0 Å². The first kappa shape index (κ1) is 12.1. The third kappa shape index (κ3) is 2.68. The first-order valence-electron chi connectivity index (χ1n) is 4.81. The number of halogens is 3. The van der Waals surface area contributed by atoms with E-state index in [1.807, 2.05) is 0 Å². The minimum Gasteiger partial charge on any atom is -0.383 e. The quantitative estimate of drug-likeness (QED) is 0.924. The van der Waals surface area contributed by atoms with Crippen LogP contribution in [0.1, 0.15) is 17.2 Å². The van der Waals surface area contributed by atoms with Crippen LogP contribution < -0.4 is 0 Å². The monoisotopic (exact) mass is 299 g/mol. The predicted molar refractivity (Wildman–Crippen MR) is 62.4 cm³/mol. The average Bonchev–Trinajstić information content (AvgIpc) is 2.28. The van der Waals surface area contributed by atoms with Crippen LogP contribution in [0.25, 0.3) is 0 Å². The second-order valence-corrected chi connectivity index (χ2v) is 4.42. The van der Waals surface area contributed by atoms with E-state index in [-0.39, 0.29) is 5.56 Å². The number of aliphatic hydroxyl groups excluding tert-OH is 1. The topological polar surface area (TPSA) is 33.1 Å². The molecular formula is C12H8BrF2NO. The fourth-order valence-electron chi connectivity index (χ4n) is 1.48. The first-order chi connectivity index (χ1) is 8.08. The van der Waals surface area contributed by atoms with Gasteiger partial charge in [0.25, 0.3) is 0 Å². The van der Waals surface area contributed by atoms with E-state index in [9.17, 15) is 13.9 Å². The van der Waals surface area contributed by atoms with E-state index in [4.69, 9.17) is 0 Å². The maximum atomic E-state index is 13.5. The summed E-state index contributed by atoms with van der Waals surface area (Å²) in [5, 5.41) is 9.96. The molecule has 0 saturated heterocycles. The Morgan fingerprint density at radius 2 is 1.94 bits per heavy atom. The molecule has 1 atom stereocenters. The summed E-state index contributed by atoms with van der Waals surface area (Å²) in [7, 11) is 0. The number of hydrogen-bond donors (Lipinski definition) is 1. The van der Waals surface area contributed by atoms with E-state index in [1.54, 1.807) is 12.3 Å². The van der Waals surface area contributed by atoms with E-state index >= 15 is 0 Å². The van der Waals surface area contributed by atoms with Gasteiger partial charge in [-0.3, -0.25) is 4.98 Å². The van der Waals surface area contributed by atoms with Crippen molar-refractivity contribution < 1.29 is 13.9 Å². The van der Waals surface area contributed by atoms with Crippen LogP contribution in [0.4, 0.5) is 8.78 Å². The van der Waals surface area contributed by atoms with Gasteiger partial charge in [0.1, 0.15) is 17.7 Å². The van der Waals surface area contributed by atoms with Gasteiger partial charge >= 0.3 is 0 Å². The molecule has 0 saturated carbocycles. The minimum absolute atomic E-state index is 0.0197. The zero-order valence-electron chi connectivity index (χ0n) is 8.57. The van der Waals surface area contributed by atoms with Crippen LogP contribution in [-0.2, 0) is 0 Å². The molecule has 1 aromatic carbocycles. The number of benzene rings is 1. The van der Waals surface area contributed by atoms with Crippen molar-refractivity contribution in [2.45, 2.75) is 6.10 Å². The standard InChI is InChI=1S/C12H8BrF2NO/c13-8-3-7(5-16-6-8)12(17)10-2-1-9(14)4-11(10)15/h1-6,12,17H. The molecule has 0 aliphatic carbocycles. The maximum absolute atomic E-state index is 13.5. The highest BCUT2D eigenvalue weighted by atomic mass is 79.9. The van der Waals surface area contributed by atoms with Gasteiger partial charge in [-0.15, -0.1) is 0 Å². The Balaban J connectivity index is 2.40. The second-order valence-electron chi connectivity index (χ2n) is 3.50. The molecule has 0 aliphatic rings. The van der Waals surface area contributed by atoms with Crippen molar-refractivity contribution in [2.75, 3.05) is 0 Å². The van der Waals surface area contributed by atoms with Gasteiger partial charge in [0.2, 0.25) is 0 Å². The molecule has 0 spiro atoms. The molecule has 1 aromatic heterocycles. The Bertz CT molecular complexity index is 548. The number of pyridine rings is 1. The van der Waals surface area contributed by atoms with Crippen LogP contribution in [-0.4, -0.2) is 10.1 Å². The molecule has 88 valence electrons. The zero-order valence-corrected chi connectivity index (χ0v) is 10.2. The van der Waals surface area contributed by atoms with Gasteiger partial charge in [0, 0.05) is 34.1 Å². The molecule has 0 aliphatic heterocycles. The summed E-state index contributed by atoms with van der Waals surface area (Å²) in [4.78, 5) is 3.87. The van der Waals surface area contributed by atoms with Crippen LogP contribution >= 0.6 is 15.9 Å². The highest BCUT2D eigenvalue weighted by molar-refractivity contribution is 9.10. The molecule has 2 rings (SSSR count).